The van der Waals surface area contributed by atoms with E-state index in [-0.39, 0.29) is 21.7 Å². The van der Waals surface area contributed by atoms with Gasteiger partial charge in [0.15, 0.2) is 0 Å². The number of benzene rings is 7. The predicted molar refractivity (Wildman–Crippen MR) is 246 cm³/mol. The van der Waals surface area contributed by atoms with Crippen LogP contribution in [0.3, 0.4) is 0 Å². The van der Waals surface area contributed by atoms with Gasteiger partial charge in [-0.05, 0) is 108 Å². The zero-order valence-corrected chi connectivity index (χ0v) is 35.6. The van der Waals surface area contributed by atoms with Gasteiger partial charge in [-0.1, -0.05) is 172 Å². The van der Waals surface area contributed by atoms with Crippen LogP contribution in [0.2, 0.25) is 0 Å². The molecule has 288 valence electrons. The Bertz CT molecular complexity index is 2970. The molecule has 58 heavy (non-hydrogen) atoms. The molecule has 2 aliphatic carbocycles. The quantitative estimate of drug-likeness (QED) is 0.178. The Morgan fingerprint density at radius 2 is 1.07 bits per heavy atom. The Morgan fingerprint density at radius 3 is 1.84 bits per heavy atom. The maximum absolute atomic E-state index is 6.39. The van der Waals surface area contributed by atoms with Crippen LogP contribution in [0.15, 0.2) is 144 Å². The number of anilines is 3. The van der Waals surface area contributed by atoms with Crippen LogP contribution in [0.5, 0.6) is 0 Å². The summed E-state index contributed by atoms with van der Waals surface area (Å²) in [5, 5.41) is 2.24. The molecule has 1 aromatic heterocycles. The average Bonchev–Trinajstić information content (AvgIpc) is 3.77. The molecule has 0 unspecified atom stereocenters. The number of hydrogen-bond acceptors (Lipinski definition) is 2. The highest BCUT2D eigenvalue weighted by molar-refractivity contribution is 6.07. The van der Waals surface area contributed by atoms with E-state index in [2.05, 4.69) is 208 Å². The van der Waals surface area contributed by atoms with Crippen molar-refractivity contribution in [2.75, 3.05) is 4.90 Å². The molecule has 8 aromatic rings. The molecule has 0 radical (unpaired) electrons. The molecule has 2 heteroatoms. The van der Waals surface area contributed by atoms with Gasteiger partial charge in [0.25, 0.3) is 0 Å². The highest BCUT2D eigenvalue weighted by Crippen LogP contribution is 2.59. The zero-order chi connectivity index (χ0) is 40.5. The topological polar surface area (TPSA) is 16.4 Å². The summed E-state index contributed by atoms with van der Waals surface area (Å²) >= 11 is 0. The molecule has 10 rings (SSSR count). The van der Waals surface area contributed by atoms with Crippen LogP contribution in [0.1, 0.15) is 103 Å². The smallest absolute Gasteiger partial charge is 0.135 e. The molecule has 0 atom stereocenters. The zero-order valence-electron chi connectivity index (χ0n) is 35.6. The lowest BCUT2D eigenvalue weighted by molar-refractivity contribution is 0.564. The van der Waals surface area contributed by atoms with Gasteiger partial charge in [-0.2, -0.15) is 0 Å². The first-order valence-corrected chi connectivity index (χ1v) is 20.9. The monoisotopic (exact) mass is 755 g/mol. The molecular weight excluding hydrogens is 703 g/mol. The molecule has 0 amide bonds. The molecule has 0 saturated carbocycles. The number of rotatable bonds is 4. The molecule has 0 bridgehead atoms. The van der Waals surface area contributed by atoms with Crippen molar-refractivity contribution in [2.24, 2.45) is 0 Å². The Balaban J connectivity index is 1.28. The summed E-state index contributed by atoms with van der Waals surface area (Å²) in [4.78, 5) is 2.54. The van der Waals surface area contributed by atoms with Crippen LogP contribution < -0.4 is 4.90 Å². The van der Waals surface area contributed by atoms with Crippen molar-refractivity contribution < 1.29 is 4.42 Å². The van der Waals surface area contributed by atoms with Gasteiger partial charge in [0, 0.05) is 32.9 Å². The Kier molecular flexibility index (Phi) is 7.75. The molecule has 0 N–H and O–H groups in total. The van der Waals surface area contributed by atoms with E-state index in [0.717, 1.165) is 33.3 Å². The highest BCUT2D eigenvalue weighted by atomic mass is 16.3. The summed E-state index contributed by atoms with van der Waals surface area (Å²) in [6.45, 7) is 23.8. The number of para-hydroxylation sites is 2. The first kappa shape index (κ1) is 36.5. The number of fused-ring (bicyclic) bond motifs is 9. The van der Waals surface area contributed by atoms with Gasteiger partial charge in [-0.15, -0.1) is 0 Å². The van der Waals surface area contributed by atoms with E-state index < -0.39 is 0 Å². The first-order chi connectivity index (χ1) is 27.6. The normalized spacial score (nSPS) is 15.0. The van der Waals surface area contributed by atoms with Gasteiger partial charge in [0.2, 0.25) is 0 Å². The molecular formula is C56H53NO. The van der Waals surface area contributed by atoms with Crippen LogP contribution in [-0.4, -0.2) is 0 Å². The molecule has 0 fully saturated rings. The Morgan fingerprint density at radius 1 is 0.448 bits per heavy atom. The summed E-state index contributed by atoms with van der Waals surface area (Å²) in [6.07, 6.45) is 0. The molecule has 2 aliphatic rings. The Hall–Kier alpha value is -5.86. The van der Waals surface area contributed by atoms with Crippen molar-refractivity contribution in [1.82, 2.24) is 0 Å². The highest BCUT2D eigenvalue weighted by Gasteiger charge is 2.42. The number of hydrogen-bond donors (Lipinski definition) is 0. The van der Waals surface area contributed by atoms with Crippen LogP contribution in [0.25, 0.3) is 55.3 Å². The third kappa shape index (κ3) is 5.23. The summed E-state index contributed by atoms with van der Waals surface area (Å²) in [7, 11) is 0. The van der Waals surface area contributed by atoms with Crippen LogP contribution in [0.4, 0.5) is 17.1 Å². The van der Waals surface area contributed by atoms with Gasteiger partial charge in [0.1, 0.15) is 11.2 Å². The summed E-state index contributed by atoms with van der Waals surface area (Å²) in [5.74, 6) is 0. The van der Waals surface area contributed by atoms with E-state index in [1.165, 1.54) is 72.4 Å². The van der Waals surface area contributed by atoms with Crippen molar-refractivity contribution in [3.8, 4) is 33.4 Å². The fraction of sp³-hybridized carbons (Fsp3) is 0.250. The molecule has 2 nitrogen and oxygen atoms in total. The molecule has 0 spiro atoms. The van der Waals surface area contributed by atoms with Gasteiger partial charge in [-0.25, -0.2) is 0 Å². The van der Waals surface area contributed by atoms with Crippen molar-refractivity contribution in [1.29, 1.82) is 0 Å². The molecule has 0 saturated heterocycles. The van der Waals surface area contributed by atoms with Crippen LogP contribution in [0, 0.1) is 0 Å². The van der Waals surface area contributed by atoms with Gasteiger partial charge in [0.05, 0.1) is 11.4 Å². The molecule has 0 aliphatic heterocycles. The largest absolute Gasteiger partial charge is 0.456 e. The van der Waals surface area contributed by atoms with E-state index in [4.69, 9.17) is 4.42 Å². The average molecular weight is 756 g/mol. The SMILES string of the molecule is CC(C)(C)c1cc(C(C)(C)C)c2c(c1)C(C)(C)c1cccc(-c3ccccc3N(c3ccc4oc5ccccc5c4c3)c3cccc4c3C(C)(C)c3ccccc3-4)c1-2. The van der Waals surface area contributed by atoms with E-state index in [9.17, 15) is 0 Å². The third-order valence-corrected chi connectivity index (χ3v) is 13.3. The minimum atomic E-state index is -0.217. The van der Waals surface area contributed by atoms with Crippen molar-refractivity contribution in [3.63, 3.8) is 0 Å². The second-order valence-corrected chi connectivity index (χ2v) is 19.8. The van der Waals surface area contributed by atoms with E-state index >= 15 is 0 Å². The van der Waals surface area contributed by atoms with Crippen molar-refractivity contribution in [3.05, 3.63) is 173 Å². The number of nitrogens with zero attached hydrogens (tertiary/aromatic N) is 1. The number of furan rings is 1. The fourth-order valence-corrected chi connectivity index (χ4v) is 10.3. The third-order valence-electron chi connectivity index (χ3n) is 13.3. The van der Waals surface area contributed by atoms with Crippen molar-refractivity contribution >= 4 is 39.0 Å². The van der Waals surface area contributed by atoms with Crippen molar-refractivity contribution in [2.45, 2.75) is 90.9 Å². The maximum Gasteiger partial charge on any atom is 0.135 e. The second kappa shape index (κ2) is 12.3. The van der Waals surface area contributed by atoms with Gasteiger partial charge in [-0.3, -0.25) is 0 Å². The summed E-state index contributed by atoms with van der Waals surface area (Å²) < 4.78 is 6.39. The van der Waals surface area contributed by atoms with Gasteiger partial charge < -0.3 is 9.32 Å². The standard InChI is InChI=1S/C56H53NO/c1-53(2,3)34-31-44(54(4,5)6)51-45(32-34)55(7,8)43-25-17-22-39(50(43)51)37-20-12-15-26-46(37)57(35-29-30-49-41(33-35)38-21-13-16-28-48(38)58-49)47-27-18-23-40-36-19-11-14-24-42(36)56(9,10)52(40)47/h11-33H,1-10H3. The lowest BCUT2D eigenvalue weighted by atomic mass is 9.74. The predicted octanol–water partition coefficient (Wildman–Crippen LogP) is 15.9. The van der Waals surface area contributed by atoms with E-state index in [0.29, 0.717) is 0 Å². The maximum atomic E-state index is 6.39. The minimum Gasteiger partial charge on any atom is -0.456 e. The van der Waals surface area contributed by atoms with E-state index in [1.807, 2.05) is 6.07 Å². The first-order valence-electron chi connectivity index (χ1n) is 20.9. The summed E-state index contributed by atoms with van der Waals surface area (Å²) in [5.41, 5.74) is 21.0. The van der Waals surface area contributed by atoms with Gasteiger partial charge >= 0.3 is 0 Å². The fourth-order valence-electron chi connectivity index (χ4n) is 10.3. The second-order valence-electron chi connectivity index (χ2n) is 19.8. The lowest BCUT2D eigenvalue weighted by Crippen LogP contribution is -2.21. The summed E-state index contributed by atoms with van der Waals surface area (Å²) in [6, 6.07) is 52.1. The molecule has 1 heterocycles. The lowest BCUT2D eigenvalue weighted by Gasteiger charge is -2.33. The van der Waals surface area contributed by atoms with Crippen LogP contribution in [-0.2, 0) is 21.7 Å². The molecule has 7 aromatic carbocycles. The minimum absolute atomic E-state index is 0.0284. The Labute approximate surface area is 344 Å². The van der Waals surface area contributed by atoms with Crippen LogP contribution >= 0.6 is 0 Å². The van der Waals surface area contributed by atoms with E-state index in [1.54, 1.807) is 0 Å².